The highest BCUT2D eigenvalue weighted by molar-refractivity contribution is 6.74. The van der Waals surface area contributed by atoms with Crippen LogP contribution in [0.25, 0.3) is 0 Å². The molecule has 0 unspecified atom stereocenters. The number of nitrogens with zero attached hydrogens (tertiary/aromatic N) is 1. The van der Waals surface area contributed by atoms with E-state index in [2.05, 4.69) is 107 Å². The lowest BCUT2D eigenvalue weighted by Crippen LogP contribution is -2.42. The highest BCUT2D eigenvalue weighted by atomic mass is 28.4. The molecule has 3 aromatic carbocycles. The zero-order valence-corrected chi connectivity index (χ0v) is 30.9. The molecule has 0 fully saturated rings. The molecule has 1 aliphatic rings. The number of likely N-dealkylation sites (N-methyl/N-ethyl adjacent to an activating group) is 1. The Bertz CT molecular complexity index is 1430. The normalized spacial score (nSPS) is 18.1. The summed E-state index contributed by atoms with van der Waals surface area (Å²) in [6, 6.07) is 23.3. The van der Waals surface area contributed by atoms with Crippen LogP contribution in [0.4, 0.5) is 5.69 Å². The molecule has 47 heavy (non-hydrogen) atoms. The standard InChI is InChI=1S/C39H55NO6Si/c1-38(2,3)47(8,9)46-25-24-40(5)32-18-14-30(15-19-32)12-10-11-13-36-35-23-22-34(45-29-42-7)26-37(35)43-27-39(36,4)31-16-20-33(21-17-31)44-28-41-6/h10-11,14-23,26,36H,12-13,24-25,27-29H2,1-9H3/b11-10+/t36-,39-/m1/s1. The Morgan fingerprint density at radius 1 is 0.894 bits per heavy atom. The number of benzene rings is 3. The van der Waals surface area contributed by atoms with E-state index in [9.17, 15) is 0 Å². The molecule has 0 N–H and O–H groups in total. The molecule has 0 spiro atoms. The third kappa shape index (κ3) is 9.41. The van der Waals surface area contributed by atoms with Gasteiger partial charge in [0.15, 0.2) is 21.9 Å². The second-order valence-electron chi connectivity index (χ2n) is 14.2. The Morgan fingerprint density at radius 2 is 1.53 bits per heavy atom. The minimum atomic E-state index is -1.74. The van der Waals surface area contributed by atoms with Crippen molar-refractivity contribution in [3.63, 3.8) is 0 Å². The molecule has 0 aromatic heterocycles. The van der Waals surface area contributed by atoms with Gasteiger partial charge < -0.3 is 33.0 Å². The smallest absolute Gasteiger partial charge is 0.192 e. The van der Waals surface area contributed by atoms with Gasteiger partial charge in [0.25, 0.3) is 0 Å². The van der Waals surface area contributed by atoms with Crippen molar-refractivity contribution in [2.75, 3.05) is 59.5 Å². The average molecular weight is 662 g/mol. The van der Waals surface area contributed by atoms with Crippen LogP contribution in [-0.2, 0) is 25.7 Å². The van der Waals surface area contributed by atoms with Crippen LogP contribution < -0.4 is 19.1 Å². The van der Waals surface area contributed by atoms with Gasteiger partial charge in [0.2, 0.25) is 0 Å². The Balaban J connectivity index is 1.44. The zero-order valence-electron chi connectivity index (χ0n) is 29.9. The van der Waals surface area contributed by atoms with E-state index in [1.165, 1.54) is 22.4 Å². The van der Waals surface area contributed by atoms with Crippen LogP contribution in [-0.4, -0.2) is 62.9 Å². The van der Waals surface area contributed by atoms with Gasteiger partial charge in [-0.15, -0.1) is 0 Å². The zero-order chi connectivity index (χ0) is 34.1. The van der Waals surface area contributed by atoms with E-state index >= 15 is 0 Å². The van der Waals surface area contributed by atoms with Crippen molar-refractivity contribution in [1.82, 2.24) is 0 Å². The van der Waals surface area contributed by atoms with Gasteiger partial charge in [-0.3, -0.25) is 0 Å². The molecule has 0 radical (unpaired) electrons. The van der Waals surface area contributed by atoms with Crippen molar-refractivity contribution < 1.29 is 28.1 Å². The second-order valence-corrected chi connectivity index (χ2v) is 19.0. The number of rotatable bonds is 16. The van der Waals surface area contributed by atoms with E-state index in [-0.39, 0.29) is 30.0 Å². The van der Waals surface area contributed by atoms with E-state index in [4.69, 9.17) is 28.1 Å². The van der Waals surface area contributed by atoms with Crippen molar-refractivity contribution in [2.24, 2.45) is 0 Å². The number of anilines is 1. The summed E-state index contributed by atoms with van der Waals surface area (Å²) >= 11 is 0. The van der Waals surface area contributed by atoms with Crippen molar-refractivity contribution in [1.29, 1.82) is 0 Å². The lowest BCUT2D eigenvalue weighted by Gasteiger charge is -2.42. The summed E-state index contributed by atoms with van der Waals surface area (Å²) in [6.07, 6.45) is 6.36. The summed E-state index contributed by atoms with van der Waals surface area (Å²) in [5, 5.41) is 0.223. The molecular weight excluding hydrogens is 607 g/mol. The lowest BCUT2D eigenvalue weighted by atomic mass is 9.66. The van der Waals surface area contributed by atoms with Crippen molar-refractivity contribution in [3.8, 4) is 17.2 Å². The number of allylic oxidation sites excluding steroid dienone is 2. The van der Waals surface area contributed by atoms with Gasteiger partial charge in [0.05, 0.1) is 13.2 Å². The summed E-state index contributed by atoms with van der Waals surface area (Å²) in [4.78, 5) is 2.28. The number of ether oxygens (including phenoxy) is 5. The maximum Gasteiger partial charge on any atom is 0.192 e. The summed E-state index contributed by atoms with van der Waals surface area (Å²) in [7, 11) is 3.64. The highest BCUT2D eigenvalue weighted by Gasteiger charge is 2.42. The summed E-state index contributed by atoms with van der Waals surface area (Å²) < 4.78 is 34.3. The maximum absolute atomic E-state index is 6.40. The second kappa shape index (κ2) is 16.2. The Labute approximate surface area is 283 Å². The number of hydrogen-bond acceptors (Lipinski definition) is 7. The molecule has 0 saturated heterocycles. The van der Waals surface area contributed by atoms with Gasteiger partial charge >= 0.3 is 0 Å². The predicted molar refractivity (Wildman–Crippen MR) is 194 cm³/mol. The fourth-order valence-corrected chi connectivity index (χ4v) is 6.70. The first-order valence-electron chi connectivity index (χ1n) is 16.6. The minimum absolute atomic E-state index is 0.197. The van der Waals surface area contributed by atoms with Gasteiger partial charge in [0.1, 0.15) is 17.2 Å². The molecule has 1 aliphatic heterocycles. The summed E-state index contributed by atoms with van der Waals surface area (Å²) in [5.41, 5.74) is 4.64. The van der Waals surface area contributed by atoms with E-state index < -0.39 is 8.32 Å². The molecule has 7 nitrogen and oxygen atoms in total. The number of hydrogen-bond donors (Lipinski definition) is 0. The van der Waals surface area contributed by atoms with Gasteiger partial charge in [-0.05, 0) is 78.0 Å². The van der Waals surface area contributed by atoms with Gasteiger partial charge in [0, 0.05) is 50.9 Å². The first-order valence-corrected chi connectivity index (χ1v) is 19.5. The third-order valence-electron chi connectivity index (χ3n) is 9.82. The van der Waals surface area contributed by atoms with Crippen molar-refractivity contribution in [2.45, 2.75) is 70.0 Å². The van der Waals surface area contributed by atoms with Crippen molar-refractivity contribution in [3.05, 3.63) is 95.6 Å². The Kier molecular flexibility index (Phi) is 12.6. The van der Waals surface area contributed by atoms with Crippen molar-refractivity contribution >= 4 is 14.0 Å². The van der Waals surface area contributed by atoms with Crippen LogP contribution in [0.15, 0.2) is 78.9 Å². The topological polar surface area (TPSA) is 58.6 Å². The lowest BCUT2D eigenvalue weighted by molar-refractivity contribution is 0.0505. The first kappa shape index (κ1) is 36.5. The van der Waals surface area contributed by atoms with E-state index in [0.717, 1.165) is 43.2 Å². The largest absolute Gasteiger partial charge is 0.492 e. The Hall–Kier alpha value is -3.30. The monoisotopic (exact) mass is 661 g/mol. The molecular formula is C39H55NO6Si. The fraction of sp³-hybridized carbons (Fsp3) is 0.487. The highest BCUT2D eigenvalue weighted by Crippen LogP contribution is 2.49. The quantitative estimate of drug-likeness (QED) is 0.0865. The molecule has 256 valence electrons. The van der Waals surface area contributed by atoms with Crippen LogP contribution in [0.3, 0.4) is 0 Å². The molecule has 0 aliphatic carbocycles. The third-order valence-corrected chi connectivity index (χ3v) is 14.4. The SMILES string of the molecule is COCOc1ccc([C@@]2(C)COc3cc(OCOC)ccc3[C@H]2C/C=C/Cc2ccc(N(C)CCO[Si](C)(C)C(C)(C)C)cc2)cc1. The summed E-state index contributed by atoms with van der Waals surface area (Å²) in [5.74, 6) is 2.59. The molecule has 8 heteroatoms. The molecule has 3 aromatic rings. The van der Waals surface area contributed by atoms with E-state index in [1.54, 1.807) is 14.2 Å². The molecule has 0 bridgehead atoms. The van der Waals surface area contributed by atoms with E-state index in [0.29, 0.717) is 6.61 Å². The molecule has 0 saturated carbocycles. The van der Waals surface area contributed by atoms with E-state index in [1.807, 2.05) is 24.3 Å². The predicted octanol–water partition coefficient (Wildman–Crippen LogP) is 8.73. The molecule has 2 atom stereocenters. The Morgan fingerprint density at radius 3 is 2.17 bits per heavy atom. The fourth-order valence-electron chi connectivity index (χ4n) is 5.67. The molecule has 4 rings (SSSR count). The van der Waals surface area contributed by atoms with Gasteiger partial charge in [-0.25, -0.2) is 0 Å². The molecule has 1 heterocycles. The maximum atomic E-state index is 6.40. The van der Waals surface area contributed by atoms with Crippen LogP contribution in [0.1, 0.15) is 56.7 Å². The minimum Gasteiger partial charge on any atom is -0.492 e. The van der Waals surface area contributed by atoms with Gasteiger partial charge in [-0.2, -0.15) is 0 Å². The van der Waals surface area contributed by atoms with Gasteiger partial charge in [-0.1, -0.05) is 70.2 Å². The van der Waals surface area contributed by atoms with Crippen LogP contribution >= 0.6 is 0 Å². The number of fused-ring (bicyclic) bond motifs is 1. The first-order chi connectivity index (χ1) is 22.4. The van der Waals surface area contributed by atoms with Crippen LogP contribution in [0, 0.1) is 0 Å². The number of methoxy groups -OCH3 is 2. The summed E-state index contributed by atoms with van der Waals surface area (Å²) in [6.45, 7) is 16.4. The van der Waals surface area contributed by atoms with Crippen LogP contribution in [0.5, 0.6) is 17.2 Å². The molecule has 0 amide bonds. The van der Waals surface area contributed by atoms with Crippen LogP contribution in [0.2, 0.25) is 18.1 Å². The average Bonchev–Trinajstić information content (AvgIpc) is 3.05.